The molecule has 0 aromatic carbocycles. The van der Waals surface area contributed by atoms with Crippen LogP contribution in [0.3, 0.4) is 0 Å². The molecule has 0 fully saturated rings. The molecule has 2 aromatic heterocycles. The molecule has 128 valence electrons. The van der Waals surface area contributed by atoms with Crippen molar-refractivity contribution in [2.75, 3.05) is 12.4 Å². The third-order valence-corrected chi connectivity index (χ3v) is 4.50. The molecule has 0 aliphatic carbocycles. The van der Waals surface area contributed by atoms with Gasteiger partial charge in [-0.2, -0.15) is 0 Å². The molecule has 0 bridgehead atoms. The Bertz CT molecular complexity index is 755. The summed E-state index contributed by atoms with van der Waals surface area (Å²) in [5.74, 6) is -1.93. The van der Waals surface area contributed by atoms with E-state index in [1.165, 1.54) is 36.8 Å². The molecule has 1 unspecified atom stereocenters. The van der Waals surface area contributed by atoms with Gasteiger partial charge in [-0.1, -0.05) is 0 Å². The molecule has 24 heavy (non-hydrogen) atoms. The van der Waals surface area contributed by atoms with Crippen LogP contribution in [0.25, 0.3) is 0 Å². The minimum absolute atomic E-state index is 0.112. The van der Waals surface area contributed by atoms with Crippen molar-refractivity contribution in [3.63, 3.8) is 0 Å². The molecule has 0 saturated heterocycles. The van der Waals surface area contributed by atoms with Crippen molar-refractivity contribution in [1.29, 1.82) is 0 Å². The van der Waals surface area contributed by atoms with E-state index in [-0.39, 0.29) is 11.3 Å². The van der Waals surface area contributed by atoms with Gasteiger partial charge in [0.1, 0.15) is 10.0 Å². The second kappa shape index (κ2) is 7.99. The lowest BCUT2D eigenvalue weighted by Gasteiger charge is -2.12. The smallest absolute Gasteiger partial charge is 0.358 e. The van der Waals surface area contributed by atoms with Crippen molar-refractivity contribution in [2.45, 2.75) is 19.6 Å². The van der Waals surface area contributed by atoms with Crippen LogP contribution in [0.5, 0.6) is 0 Å². The number of thiophene rings is 1. The molecule has 0 aliphatic heterocycles. The van der Waals surface area contributed by atoms with Gasteiger partial charge in [0.05, 0.1) is 12.2 Å². The highest BCUT2D eigenvalue weighted by Crippen LogP contribution is 2.23. The van der Waals surface area contributed by atoms with Gasteiger partial charge in [0.25, 0.3) is 11.8 Å². The predicted octanol–water partition coefficient (Wildman–Crippen LogP) is 1.63. The number of primary amides is 1. The molecular weight excluding hydrogens is 354 g/mol. The first-order valence-corrected chi connectivity index (χ1v) is 8.50. The summed E-state index contributed by atoms with van der Waals surface area (Å²) in [6.07, 6.45) is -1.06. The Hall–Kier alpha value is -2.30. The number of carbonyl (C=O) groups is 3. The average Bonchev–Trinajstić information content (AvgIpc) is 3.16. The SMILES string of the molecule is COCc1nc(C(=O)OC(C)C(=O)Nc2sccc2C(N)=O)cs1. The normalized spacial score (nSPS) is 11.8. The first-order chi connectivity index (χ1) is 11.4. The molecule has 0 radical (unpaired) electrons. The molecule has 0 aliphatic rings. The minimum atomic E-state index is -1.06. The van der Waals surface area contributed by atoms with Gasteiger partial charge in [-0.25, -0.2) is 9.78 Å². The summed E-state index contributed by atoms with van der Waals surface area (Å²) in [6.45, 7) is 1.72. The third-order valence-electron chi connectivity index (χ3n) is 2.85. The molecule has 3 N–H and O–H groups in total. The van der Waals surface area contributed by atoms with E-state index >= 15 is 0 Å². The molecule has 2 amide bonds. The van der Waals surface area contributed by atoms with Crippen molar-refractivity contribution < 1.29 is 23.9 Å². The highest BCUT2D eigenvalue weighted by Gasteiger charge is 2.22. The number of nitrogens with zero attached hydrogens (tertiary/aromatic N) is 1. The Morgan fingerprint density at radius 3 is 2.79 bits per heavy atom. The zero-order valence-electron chi connectivity index (χ0n) is 12.9. The fourth-order valence-corrected chi connectivity index (χ4v) is 3.21. The summed E-state index contributed by atoms with van der Waals surface area (Å²) >= 11 is 2.41. The monoisotopic (exact) mass is 369 g/mol. The summed E-state index contributed by atoms with van der Waals surface area (Å²) < 4.78 is 10.0. The number of methoxy groups -OCH3 is 1. The number of anilines is 1. The fraction of sp³-hybridized carbons (Fsp3) is 0.286. The van der Waals surface area contributed by atoms with Crippen LogP contribution < -0.4 is 11.1 Å². The van der Waals surface area contributed by atoms with E-state index in [1.54, 1.807) is 5.38 Å². The van der Waals surface area contributed by atoms with Gasteiger partial charge in [0.15, 0.2) is 11.8 Å². The Labute approximate surface area is 145 Å². The molecule has 0 spiro atoms. The molecule has 8 nitrogen and oxygen atoms in total. The third kappa shape index (κ3) is 4.37. The lowest BCUT2D eigenvalue weighted by Crippen LogP contribution is -2.30. The van der Waals surface area contributed by atoms with Gasteiger partial charge < -0.3 is 20.5 Å². The quantitative estimate of drug-likeness (QED) is 0.716. The maximum absolute atomic E-state index is 12.1. The van der Waals surface area contributed by atoms with Crippen LogP contribution in [0.4, 0.5) is 5.00 Å². The number of amides is 2. The van der Waals surface area contributed by atoms with Crippen LogP contribution in [0, 0.1) is 0 Å². The summed E-state index contributed by atoms with van der Waals surface area (Å²) in [7, 11) is 1.52. The number of ether oxygens (including phenoxy) is 2. The predicted molar refractivity (Wildman–Crippen MR) is 89.2 cm³/mol. The first-order valence-electron chi connectivity index (χ1n) is 6.74. The van der Waals surface area contributed by atoms with Crippen LogP contribution in [0.2, 0.25) is 0 Å². The van der Waals surface area contributed by atoms with Gasteiger partial charge in [0.2, 0.25) is 0 Å². The van der Waals surface area contributed by atoms with Gasteiger partial charge in [-0.15, -0.1) is 22.7 Å². The van der Waals surface area contributed by atoms with E-state index in [0.717, 1.165) is 11.3 Å². The fourth-order valence-electron chi connectivity index (χ4n) is 1.68. The molecule has 1 atom stereocenters. The van der Waals surface area contributed by atoms with Crippen LogP contribution in [0.1, 0.15) is 32.8 Å². The maximum Gasteiger partial charge on any atom is 0.358 e. The largest absolute Gasteiger partial charge is 0.448 e. The molecule has 2 rings (SSSR count). The molecule has 2 heterocycles. The second-order valence-electron chi connectivity index (χ2n) is 4.62. The van der Waals surface area contributed by atoms with Crippen LogP contribution in [-0.2, 0) is 20.9 Å². The Kier molecular flexibility index (Phi) is 6.01. The number of hydrogen-bond donors (Lipinski definition) is 2. The van der Waals surface area contributed by atoms with E-state index in [4.69, 9.17) is 15.2 Å². The topological polar surface area (TPSA) is 121 Å². The zero-order chi connectivity index (χ0) is 17.7. The molecular formula is C14H15N3O5S2. The van der Waals surface area contributed by atoms with Crippen LogP contribution >= 0.6 is 22.7 Å². The van der Waals surface area contributed by atoms with E-state index in [0.29, 0.717) is 16.6 Å². The zero-order valence-corrected chi connectivity index (χ0v) is 14.5. The number of nitrogens with two attached hydrogens (primary N) is 1. The van der Waals surface area contributed by atoms with Crippen LogP contribution in [-0.4, -0.2) is 36.0 Å². The lowest BCUT2D eigenvalue weighted by atomic mass is 10.3. The van der Waals surface area contributed by atoms with Gasteiger partial charge in [0, 0.05) is 12.5 Å². The maximum atomic E-state index is 12.1. The lowest BCUT2D eigenvalue weighted by molar-refractivity contribution is -0.123. The van der Waals surface area contributed by atoms with Gasteiger partial charge in [-0.3, -0.25) is 9.59 Å². The van der Waals surface area contributed by atoms with Crippen molar-refractivity contribution in [2.24, 2.45) is 5.73 Å². The second-order valence-corrected chi connectivity index (χ2v) is 6.48. The summed E-state index contributed by atoms with van der Waals surface area (Å²) in [6, 6.07) is 1.51. The number of carbonyl (C=O) groups excluding carboxylic acids is 3. The number of esters is 1. The van der Waals surface area contributed by atoms with E-state index in [1.807, 2.05) is 0 Å². The summed E-state index contributed by atoms with van der Waals surface area (Å²) in [4.78, 5) is 39.4. The number of nitrogens with one attached hydrogen (secondary N) is 1. The molecule has 10 heteroatoms. The number of rotatable bonds is 7. The van der Waals surface area contributed by atoms with Gasteiger partial charge >= 0.3 is 5.97 Å². The highest BCUT2D eigenvalue weighted by molar-refractivity contribution is 7.14. The van der Waals surface area contributed by atoms with E-state index in [9.17, 15) is 14.4 Å². The molecule has 0 saturated carbocycles. The van der Waals surface area contributed by atoms with Crippen LogP contribution in [0.15, 0.2) is 16.8 Å². The standard InChI is InChI=1S/C14H15N3O5S2/c1-7(12(19)17-13-8(11(15)18)3-4-23-13)22-14(20)9-6-24-10(16-9)5-21-2/h3-4,6-7H,5H2,1-2H3,(H2,15,18)(H,17,19). The minimum Gasteiger partial charge on any atom is -0.448 e. The highest BCUT2D eigenvalue weighted by atomic mass is 32.1. The van der Waals surface area contributed by atoms with Crippen molar-refractivity contribution >= 4 is 45.5 Å². The van der Waals surface area contributed by atoms with E-state index in [2.05, 4.69) is 10.3 Å². The molecule has 2 aromatic rings. The number of aromatic nitrogens is 1. The number of hydrogen-bond acceptors (Lipinski definition) is 8. The first kappa shape index (κ1) is 18.0. The summed E-state index contributed by atoms with van der Waals surface area (Å²) in [5.41, 5.74) is 5.52. The average molecular weight is 369 g/mol. The number of thiazole rings is 1. The van der Waals surface area contributed by atoms with Crippen molar-refractivity contribution in [3.8, 4) is 0 Å². The van der Waals surface area contributed by atoms with E-state index < -0.39 is 23.9 Å². The Morgan fingerprint density at radius 1 is 1.38 bits per heavy atom. The van der Waals surface area contributed by atoms with Crippen molar-refractivity contribution in [1.82, 2.24) is 4.98 Å². The van der Waals surface area contributed by atoms with Gasteiger partial charge in [-0.05, 0) is 18.4 Å². The van der Waals surface area contributed by atoms with Crippen molar-refractivity contribution in [3.05, 3.63) is 33.1 Å². The Morgan fingerprint density at radius 2 is 2.12 bits per heavy atom. The Balaban J connectivity index is 1.96. The summed E-state index contributed by atoms with van der Waals surface area (Å²) in [5, 5.41) is 6.62.